The first-order valence-electron chi connectivity index (χ1n) is 7.39. The average molecular weight is 307 g/mol. The molecular formula is C15H25N5S. The van der Waals surface area contributed by atoms with Crippen molar-refractivity contribution in [2.75, 3.05) is 6.54 Å². The minimum Gasteiger partial charge on any atom is -0.311 e. The van der Waals surface area contributed by atoms with Crippen LogP contribution in [0.5, 0.6) is 0 Å². The molecular weight excluding hydrogens is 282 g/mol. The molecule has 0 saturated carbocycles. The Morgan fingerprint density at radius 3 is 2.71 bits per heavy atom. The number of thiazole rings is 1. The lowest BCUT2D eigenvalue weighted by molar-refractivity contribution is 0.548. The van der Waals surface area contributed by atoms with Crippen LogP contribution in [0.2, 0.25) is 0 Å². The van der Waals surface area contributed by atoms with E-state index < -0.39 is 0 Å². The molecule has 1 N–H and O–H groups in total. The van der Waals surface area contributed by atoms with Crippen molar-refractivity contribution in [3.8, 4) is 0 Å². The topological polar surface area (TPSA) is 55.6 Å². The Balaban J connectivity index is 1.91. The van der Waals surface area contributed by atoms with E-state index in [1.165, 1.54) is 0 Å². The van der Waals surface area contributed by atoms with Crippen molar-refractivity contribution in [2.45, 2.75) is 53.1 Å². The number of hydrogen-bond acceptors (Lipinski definition) is 5. The van der Waals surface area contributed by atoms with Gasteiger partial charge in [-0.2, -0.15) is 0 Å². The second-order valence-corrected chi connectivity index (χ2v) is 7.75. The van der Waals surface area contributed by atoms with Crippen LogP contribution < -0.4 is 5.32 Å². The van der Waals surface area contributed by atoms with Crippen LogP contribution in [0.15, 0.2) is 11.6 Å². The van der Waals surface area contributed by atoms with Crippen LogP contribution in [0, 0.1) is 5.92 Å². The molecule has 0 atom stereocenters. The van der Waals surface area contributed by atoms with Crippen molar-refractivity contribution >= 4 is 11.3 Å². The van der Waals surface area contributed by atoms with Gasteiger partial charge in [0.2, 0.25) is 0 Å². The molecule has 0 spiro atoms. The summed E-state index contributed by atoms with van der Waals surface area (Å²) < 4.78 is 1.86. The van der Waals surface area contributed by atoms with Gasteiger partial charge in [0, 0.05) is 17.3 Å². The van der Waals surface area contributed by atoms with Crippen molar-refractivity contribution in [1.82, 2.24) is 25.3 Å². The molecule has 2 aromatic rings. The van der Waals surface area contributed by atoms with E-state index >= 15 is 0 Å². The third-order valence-corrected chi connectivity index (χ3v) is 3.90. The van der Waals surface area contributed by atoms with Gasteiger partial charge in [-0.15, -0.1) is 16.4 Å². The van der Waals surface area contributed by atoms with Gasteiger partial charge in [0.05, 0.1) is 24.1 Å². The predicted molar refractivity (Wildman–Crippen MR) is 86.5 cm³/mol. The van der Waals surface area contributed by atoms with E-state index in [4.69, 9.17) is 0 Å². The zero-order valence-corrected chi connectivity index (χ0v) is 14.4. The van der Waals surface area contributed by atoms with Crippen LogP contribution >= 0.6 is 11.3 Å². The van der Waals surface area contributed by atoms with Gasteiger partial charge in [0.15, 0.2) is 0 Å². The molecule has 0 aromatic carbocycles. The summed E-state index contributed by atoms with van der Waals surface area (Å²) >= 11 is 1.69. The van der Waals surface area contributed by atoms with Crippen molar-refractivity contribution in [2.24, 2.45) is 5.92 Å². The smallest absolute Gasteiger partial charge is 0.114 e. The Kier molecular flexibility index (Phi) is 5.11. The Morgan fingerprint density at radius 2 is 2.10 bits per heavy atom. The highest BCUT2D eigenvalue weighted by Gasteiger charge is 2.17. The van der Waals surface area contributed by atoms with Crippen LogP contribution in [0.25, 0.3) is 0 Å². The number of nitrogens with one attached hydrogen (secondary N) is 1. The second kappa shape index (κ2) is 6.66. The first-order valence-corrected chi connectivity index (χ1v) is 8.27. The third-order valence-electron chi connectivity index (χ3n) is 3.06. The number of rotatable bonds is 6. The summed E-state index contributed by atoms with van der Waals surface area (Å²) in [5.41, 5.74) is 2.22. The van der Waals surface area contributed by atoms with Gasteiger partial charge in [-0.25, -0.2) is 9.67 Å². The molecule has 6 heteroatoms. The zero-order chi connectivity index (χ0) is 15.5. The fraction of sp³-hybridized carbons (Fsp3) is 0.667. The molecule has 0 amide bonds. The first kappa shape index (κ1) is 16.1. The Labute approximate surface area is 130 Å². The number of aromatic nitrogens is 4. The van der Waals surface area contributed by atoms with Crippen molar-refractivity contribution in [3.05, 3.63) is 28.0 Å². The summed E-state index contributed by atoms with van der Waals surface area (Å²) in [5, 5.41) is 15.0. The van der Waals surface area contributed by atoms with Crippen LogP contribution in [0.4, 0.5) is 0 Å². The maximum absolute atomic E-state index is 4.69. The summed E-state index contributed by atoms with van der Waals surface area (Å²) in [6.07, 6.45) is 1.99. The fourth-order valence-electron chi connectivity index (χ4n) is 1.85. The van der Waals surface area contributed by atoms with Crippen LogP contribution in [-0.4, -0.2) is 26.5 Å². The molecule has 2 aromatic heterocycles. The largest absolute Gasteiger partial charge is 0.311 e. The Morgan fingerprint density at radius 1 is 1.33 bits per heavy atom. The molecule has 2 heterocycles. The Hall–Kier alpha value is -1.27. The van der Waals surface area contributed by atoms with Crippen molar-refractivity contribution in [3.63, 3.8) is 0 Å². The van der Waals surface area contributed by atoms with Gasteiger partial charge in [0.25, 0.3) is 0 Å². The lowest BCUT2D eigenvalue weighted by atomic mass is 9.93. The van der Waals surface area contributed by atoms with Gasteiger partial charge in [0.1, 0.15) is 5.01 Å². The standard InChI is InChI=1S/C15H25N5S/c1-11(2)6-16-7-12-8-20(19-18-12)9-14-17-13(10-21-14)15(3,4)5/h8,10-11,16H,6-7,9H2,1-5H3. The lowest BCUT2D eigenvalue weighted by Gasteiger charge is -2.14. The monoisotopic (exact) mass is 307 g/mol. The molecule has 0 aliphatic rings. The molecule has 0 aliphatic carbocycles. The average Bonchev–Trinajstić information content (AvgIpc) is 2.98. The van der Waals surface area contributed by atoms with E-state index in [-0.39, 0.29) is 5.41 Å². The van der Waals surface area contributed by atoms with Crippen LogP contribution in [0.1, 0.15) is 51.0 Å². The molecule has 0 unspecified atom stereocenters. The minimum atomic E-state index is 0.100. The minimum absolute atomic E-state index is 0.100. The van der Waals surface area contributed by atoms with E-state index in [0.29, 0.717) is 12.5 Å². The quantitative estimate of drug-likeness (QED) is 0.891. The molecule has 0 bridgehead atoms. The SMILES string of the molecule is CC(C)CNCc1cn(Cc2nc(C(C)(C)C)cs2)nn1. The van der Waals surface area contributed by atoms with Crippen molar-refractivity contribution < 1.29 is 0 Å². The molecule has 0 radical (unpaired) electrons. The van der Waals surface area contributed by atoms with Gasteiger partial charge in [-0.3, -0.25) is 0 Å². The van der Waals surface area contributed by atoms with Gasteiger partial charge in [-0.1, -0.05) is 39.8 Å². The number of hydrogen-bond donors (Lipinski definition) is 1. The number of nitrogens with zero attached hydrogens (tertiary/aromatic N) is 4. The molecule has 0 aliphatic heterocycles. The van der Waals surface area contributed by atoms with E-state index in [2.05, 4.69) is 60.6 Å². The van der Waals surface area contributed by atoms with Gasteiger partial charge in [-0.05, 0) is 12.5 Å². The summed E-state index contributed by atoms with van der Waals surface area (Å²) in [6, 6.07) is 0. The summed E-state index contributed by atoms with van der Waals surface area (Å²) in [5.74, 6) is 0.645. The first-order chi connectivity index (χ1) is 9.84. The van der Waals surface area contributed by atoms with E-state index in [1.54, 1.807) is 11.3 Å². The lowest BCUT2D eigenvalue weighted by Crippen LogP contribution is -2.19. The highest BCUT2D eigenvalue weighted by atomic mass is 32.1. The fourth-order valence-corrected chi connectivity index (χ4v) is 2.86. The maximum atomic E-state index is 4.69. The molecule has 5 nitrogen and oxygen atoms in total. The van der Waals surface area contributed by atoms with Crippen LogP contribution in [-0.2, 0) is 18.5 Å². The summed E-state index contributed by atoms with van der Waals surface area (Å²) in [4.78, 5) is 4.69. The molecule has 21 heavy (non-hydrogen) atoms. The van der Waals surface area contributed by atoms with Crippen molar-refractivity contribution in [1.29, 1.82) is 0 Å². The maximum Gasteiger partial charge on any atom is 0.114 e. The van der Waals surface area contributed by atoms with Gasteiger partial charge >= 0.3 is 0 Å². The summed E-state index contributed by atoms with van der Waals surface area (Å²) in [7, 11) is 0. The predicted octanol–water partition coefficient (Wildman–Crippen LogP) is 2.83. The highest BCUT2D eigenvalue weighted by molar-refractivity contribution is 7.09. The second-order valence-electron chi connectivity index (χ2n) is 6.81. The third kappa shape index (κ3) is 4.89. The zero-order valence-electron chi connectivity index (χ0n) is 13.6. The van der Waals surface area contributed by atoms with E-state index in [1.807, 2.05) is 10.9 Å². The normalized spacial score (nSPS) is 12.3. The Bertz CT molecular complexity index is 565. The highest BCUT2D eigenvalue weighted by Crippen LogP contribution is 2.24. The van der Waals surface area contributed by atoms with Gasteiger partial charge < -0.3 is 5.32 Å². The van der Waals surface area contributed by atoms with Crippen LogP contribution in [0.3, 0.4) is 0 Å². The molecule has 2 rings (SSSR count). The molecule has 0 saturated heterocycles. The van der Waals surface area contributed by atoms with E-state index in [9.17, 15) is 0 Å². The molecule has 0 fully saturated rings. The summed E-state index contributed by atoms with van der Waals surface area (Å²) in [6.45, 7) is 13.4. The van der Waals surface area contributed by atoms with E-state index in [0.717, 1.165) is 29.5 Å². The molecule has 116 valence electrons.